The summed E-state index contributed by atoms with van der Waals surface area (Å²) in [4.78, 5) is 0. The molecule has 48 valence electrons. The van der Waals surface area contributed by atoms with Gasteiger partial charge in [0.1, 0.15) is 0 Å². The molecule has 0 fully saturated rings. The summed E-state index contributed by atoms with van der Waals surface area (Å²) in [5.74, 6) is 0. The Morgan fingerprint density at radius 3 is 3.10 bits per heavy atom. The smallest absolute Gasteiger partial charge is 0.0836 e. The first kappa shape index (κ1) is 5.54. The van der Waals surface area contributed by atoms with Gasteiger partial charge in [0.15, 0.2) is 0 Å². The van der Waals surface area contributed by atoms with E-state index in [0.29, 0.717) is 0 Å². The normalized spacial score (nSPS) is 14.0. The van der Waals surface area contributed by atoms with Crippen molar-refractivity contribution in [2.24, 2.45) is 0 Å². The van der Waals surface area contributed by atoms with E-state index in [9.17, 15) is 0 Å². The molecule has 1 heteroatoms. The standard InChI is InChI=1S/C9H7N/c1-2-4-9-7-10-6-5-8(9)3-1/h1-5H,7H2. The molecular formula is C9H7N. The van der Waals surface area contributed by atoms with Crippen molar-refractivity contribution in [3.63, 3.8) is 0 Å². The zero-order valence-electron chi connectivity index (χ0n) is 5.54. The van der Waals surface area contributed by atoms with Crippen molar-refractivity contribution in [2.45, 2.75) is 6.54 Å². The van der Waals surface area contributed by atoms with Crippen LogP contribution >= 0.6 is 0 Å². The molecule has 0 spiro atoms. The predicted octanol–water partition coefficient (Wildman–Crippen LogP) is 1.58. The summed E-state index contributed by atoms with van der Waals surface area (Å²) < 4.78 is 0. The van der Waals surface area contributed by atoms with Crippen LogP contribution in [0.5, 0.6) is 0 Å². The van der Waals surface area contributed by atoms with E-state index < -0.39 is 0 Å². The fourth-order valence-corrected chi connectivity index (χ4v) is 1.06. The minimum Gasteiger partial charge on any atom is -0.278 e. The highest BCUT2D eigenvalue weighted by atomic mass is 14.8. The molecule has 0 saturated heterocycles. The largest absolute Gasteiger partial charge is 0.278 e. The van der Waals surface area contributed by atoms with Gasteiger partial charge in [-0.25, -0.2) is 0 Å². The number of rotatable bonds is 0. The van der Waals surface area contributed by atoms with E-state index in [4.69, 9.17) is 0 Å². The minimum absolute atomic E-state index is 0.784. The second-order valence-corrected chi connectivity index (χ2v) is 2.29. The molecule has 0 atom stereocenters. The van der Waals surface area contributed by atoms with Gasteiger partial charge in [0.25, 0.3) is 0 Å². The summed E-state index contributed by atoms with van der Waals surface area (Å²) in [6, 6.07) is 8.24. The van der Waals surface area contributed by atoms with Crippen LogP contribution in [0.2, 0.25) is 0 Å². The van der Waals surface area contributed by atoms with Crippen LogP contribution < -0.4 is 5.32 Å². The van der Waals surface area contributed by atoms with E-state index in [0.717, 1.165) is 6.54 Å². The number of hydrogen-bond donors (Lipinski definition) is 0. The highest BCUT2D eigenvalue weighted by Gasteiger charge is 2.01. The van der Waals surface area contributed by atoms with Crippen molar-refractivity contribution < 1.29 is 0 Å². The molecule has 0 unspecified atom stereocenters. The Labute approximate surface area is 60.4 Å². The lowest BCUT2D eigenvalue weighted by atomic mass is 10.1. The van der Waals surface area contributed by atoms with Gasteiger partial charge in [-0.2, -0.15) is 0 Å². The lowest BCUT2D eigenvalue weighted by molar-refractivity contribution is 0.819. The highest BCUT2D eigenvalue weighted by molar-refractivity contribution is 5.53. The predicted molar refractivity (Wildman–Crippen MR) is 40.0 cm³/mol. The second kappa shape index (κ2) is 2.18. The molecular weight excluding hydrogens is 122 g/mol. The molecule has 1 nitrogen and oxygen atoms in total. The summed E-state index contributed by atoms with van der Waals surface area (Å²) >= 11 is 0. The molecule has 0 saturated carbocycles. The number of benzene rings is 1. The fourth-order valence-electron chi connectivity index (χ4n) is 1.06. The first-order chi connectivity index (χ1) is 4.97. The van der Waals surface area contributed by atoms with Crippen LogP contribution in [-0.4, -0.2) is 0 Å². The van der Waals surface area contributed by atoms with Gasteiger partial charge in [0, 0.05) is 0 Å². The van der Waals surface area contributed by atoms with Gasteiger partial charge in [-0.15, -0.1) is 0 Å². The molecule has 0 bridgehead atoms. The van der Waals surface area contributed by atoms with Gasteiger partial charge in [0.05, 0.1) is 12.7 Å². The average Bonchev–Trinajstić information content (AvgIpc) is 2.05. The Hall–Kier alpha value is -1.24. The lowest BCUT2D eigenvalue weighted by Crippen LogP contribution is -2.03. The van der Waals surface area contributed by atoms with Crippen molar-refractivity contribution in [1.29, 1.82) is 0 Å². The molecule has 1 aliphatic rings. The monoisotopic (exact) mass is 129 g/mol. The summed E-state index contributed by atoms with van der Waals surface area (Å²) in [6.45, 7) is 0.784. The zero-order valence-corrected chi connectivity index (χ0v) is 5.54. The van der Waals surface area contributed by atoms with Gasteiger partial charge in [-0.1, -0.05) is 24.3 Å². The number of hydrogen-bond acceptors (Lipinski definition) is 0. The maximum absolute atomic E-state index is 4.01. The van der Waals surface area contributed by atoms with Crippen molar-refractivity contribution in [3.05, 3.63) is 41.6 Å². The molecule has 0 aliphatic carbocycles. The van der Waals surface area contributed by atoms with Gasteiger partial charge in [-0.3, -0.25) is 5.32 Å². The SMILES string of the molecule is [C]1=Cc2ccccc2C[N]1. The van der Waals surface area contributed by atoms with Crippen molar-refractivity contribution in [3.8, 4) is 0 Å². The van der Waals surface area contributed by atoms with E-state index in [2.05, 4.69) is 23.6 Å². The third kappa shape index (κ3) is 0.798. The van der Waals surface area contributed by atoms with E-state index in [1.165, 1.54) is 11.1 Å². The molecule has 1 heterocycles. The minimum atomic E-state index is 0.784. The van der Waals surface area contributed by atoms with Crippen LogP contribution in [0.1, 0.15) is 11.1 Å². The molecule has 2 radical (unpaired) electrons. The molecule has 1 aromatic carbocycles. The van der Waals surface area contributed by atoms with Gasteiger partial charge < -0.3 is 0 Å². The average molecular weight is 129 g/mol. The van der Waals surface area contributed by atoms with Crippen molar-refractivity contribution >= 4 is 6.08 Å². The molecule has 2 rings (SSSR count). The van der Waals surface area contributed by atoms with Crippen LogP contribution in [0.15, 0.2) is 24.3 Å². The van der Waals surface area contributed by atoms with Gasteiger partial charge in [0.2, 0.25) is 0 Å². The van der Waals surface area contributed by atoms with Crippen molar-refractivity contribution in [2.75, 3.05) is 0 Å². The summed E-state index contributed by atoms with van der Waals surface area (Å²) in [5, 5.41) is 4.01. The molecule has 0 N–H and O–H groups in total. The molecule has 0 amide bonds. The summed E-state index contributed by atoms with van der Waals surface area (Å²) in [7, 11) is 0. The Morgan fingerprint density at radius 1 is 1.30 bits per heavy atom. The second-order valence-electron chi connectivity index (χ2n) is 2.29. The Balaban J connectivity index is 2.54. The van der Waals surface area contributed by atoms with E-state index in [1.54, 1.807) is 0 Å². The van der Waals surface area contributed by atoms with Gasteiger partial charge in [-0.05, 0) is 17.2 Å². The topological polar surface area (TPSA) is 14.1 Å². The van der Waals surface area contributed by atoms with Crippen LogP contribution in [0.3, 0.4) is 0 Å². The molecule has 10 heavy (non-hydrogen) atoms. The fraction of sp³-hybridized carbons (Fsp3) is 0.111. The van der Waals surface area contributed by atoms with Crippen LogP contribution in [0.4, 0.5) is 0 Å². The van der Waals surface area contributed by atoms with Crippen LogP contribution in [0, 0.1) is 6.20 Å². The van der Waals surface area contributed by atoms with Crippen molar-refractivity contribution in [1.82, 2.24) is 5.32 Å². The maximum Gasteiger partial charge on any atom is 0.0836 e. The van der Waals surface area contributed by atoms with Crippen LogP contribution in [0.25, 0.3) is 6.08 Å². The van der Waals surface area contributed by atoms with E-state index in [1.807, 2.05) is 18.2 Å². The Morgan fingerprint density at radius 2 is 2.20 bits per heavy atom. The zero-order chi connectivity index (χ0) is 6.81. The van der Waals surface area contributed by atoms with Crippen LogP contribution in [-0.2, 0) is 6.54 Å². The summed E-state index contributed by atoms with van der Waals surface area (Å²) in [6.07, 6.45) is 4.76. The first-order valence-corrected chi connectivity index (χ1v) is 3.30. The molecule has 1 aromatic rings. The first-order valence-electron chi connectivity index (χ1n) is 3.30. The summed E-state index contributed by atoms with van der Waals surface area (Å²) in [5.41, 5.74) is 2.54. The maximum atomic E-state index is 4.01. The Bertz CT molecular complexity index is 263. The highest BCUT2D eigenvalue weighted by Crippen LogP contribution is 2.13. The third-order valence-electron chi connectivity index (χ3n) is 1.62. The number of nitrogens with zero attached hydrogens (tertiary/aromatic N) is 1. The quantitative estimate of drug-likeness (QED) is 0.505. The molecule has 0 aromatic heterocycles. The Kier molecular flexibility index (Phi) is 1.21. The van der Waals surface area contributed by atoms with E-state index >= 15 is 0 Å². The van der Waals surface area contributed by atoms with E-state index in [-0.39, 0.29) is 0 Å². The lowest BCUT2D eigenvalue weighted by Gasteiger charge is -2.07. The molecule has 1 aliphatic heterocycles. The van der Waals surface area contributed by atoms with Gasteiger partial charge >= 0.3 is 0 Å². The third-order valence-corrected chi connectivity index (χ3v) is 1.62. The number of fused-ring (bicyclic) bond motifs is 1.